The highest BCUT2D eigenvalue weighted by molar-refractivity contribution is 14.0. The minimum atomic E-state index is 0. The molecular formula is C18H27IN4O. The molecule has 2 rings (SSSR count). The van der Waals surface area contributed by atoms with Crippen molar-refractivity contribution < 1.29 is 4.79 Å². The number of amides is 1. The van der Waals surface area contributed by atoms with Gasteiger partial charge < -0.3 is 15.5 Å². The number of hydrogen-bond donors (Lipinski definition) is 2. The molecule has 1 heterocycles. The molecule has 5 nitrogen and oxygen atoms in total. The zero-order valence-electron chi connectivity index (χ0n) is 14.4. The van der Waals surface area contributed by atoms with Crippen LogP contribution < -0.4 is 15.5 Å². The van der Waals surface area contributed by atoms with Gasteiger partial charge in [-0.3, -0.25) is 9.79 Å². The molecule has 0 radical (unpaired) electrons. The molecule has 0 spiro atoms. The van der Waals surface area contributed by atoms with Crippen LogP contribution in [0.1, 0.15) is 31.7 Å². The number of carbonyl (C=O) groups is 1. The summed E-state index contributed by atoms with van der Waals surface area (Å²) < 4.78 is 0. The van der Waals surface area contributed by atoms with E-state index < -0.39 is 0 Å². The summed E-state index contributed by atoms with van der Waals surface area (Å²) in [6.45, 7) is 4.42. The molecule has 24 heavy (non-hydrogen) atoms. The molecule has 1 aromatic carbocycles. The molecule has 1 aromatic rings. The van der Waals surface area contributed by atoms with Gasteiger partial charge in [0.15, 0.2) is 5.96 Å². The van der Waals surface area contributed by atoms with Crippen LogP contribution in [-0.4, -0.2) is 32.0 Å². The van der Waals surface area contributed by atoms with Crippen LogP contribution in [-0.2, 0) is 11.3 Å². The summed E-state index contributed by atoms with van der Waals surface area (Å²) in [5.41, 5.74) is 2.15. The first kappa shape index (κ1) is 20.5. The Morgan fingerprint density at radius 3 is 2.62 bits per heavy atom. The van der Waals surface area contributed by atoms with Crippen LogP contribution in [0.5, 0.6) is 0 Å². The first-order valence-electron chi connectivity index (χ1n) is 8.19. The molecule has 1 aliphatic rings. The summed E-state index contributed by atoms with van der Waals surface area (Å²) in [7, 11) is 1.77. The predicted molar refractivity (Wildman–Crippen MR) is 111 cm³/mol. The Labute approximate surface area is 161 Å². The third-order valence-corrected chi connectivity index (χ3v) is 3.84. The van der Waals surface area contributed by atoms with Gasteiger partial charge >= 0.3 is 0 Å². The molecule has 132 valence electrons. The van der Waals surface area contributed by atoms with E-state index in [0.29, 0.717) is 13.0 Å². The molecule has 1 fully saturated rings. The fraction of sp³-hybridized carbons (Fsp3) is 0.444. The van der Waals surface area contributed by atoms with Crippen molar-refractivity contribution in [3.05, 3.63) is 42.0 Å². The Morgan fingerprint density at radius 2 is 2.04 bits per heavy atom. The van der Waals surface area contributed by atoms with Crippen molar-refractivity contribution in [1.29, 1.82) is 0 Å². The average Bonchev–Trinajstić information content (AvgIpc) is 3.01. The third kappa shape index (κ3) is 6.14. The van der Waals surface area contributed by atoms with E-state index in [1.807, 2.05) is 30.0 Å². The fourth-order valence-electron chi connectivity index (χ4n) is 2.56. The van der Waals surface area contributed by atoms with Crippen LogP contribution in [0.2, 0.25) is 0 Å². The smallest absolute Gasteiger partial charge is 0.227 e. The molecule has 0 unspecified atom stereocenters. The molecule has 0 bridgehead atoms. The lowest BCUT2D eigenvalue weighted by molar-refractivity contribution is -0.117. The quantitative estimate of drug-likeness (QED) is 0.234. The number of hydrogen-bond acceptors (Lipinski definition) is 2. The highest BCUT2D eigenvalue weighted by atomic mass is 127. The molecule has 1 saturated heterocycles. The molecule has 2 N–H and O–H groups in total. The van der Waals surface area contributed by atoms with Gasteiger partial charge in [-0.1, -0.05) is 24.3 Å². The minimum absolute atomic E-state index is 0. The van der Waals surface area contributed by atoms with Crippen LogP contribution >= 0.6 is 24.0 Å². The van der Waals surface area contributed by atoms with Crippen LogP contribution in [0, 0.1) is 0 Å². The van der Waals surface area contributed by atoms with Crippen LogP contribution in [0.3, 0.4) is 0 Å². The van der Waals surface area contributed by atoms with Crippen molar-refractivity contribution in [2.24, 2.45) is 4.99 Å². The second-order valence-corrected chi connectivity index (χ2v) is 5.53. The number of guanidine groups is 1. The van der Waals surface area contributed by atoms with E-state index in [-0.39, 0.29) is 29.9 Å². The Hall–Kier alpha value is -1.57. The predicted octanol–water partition coefficient (Wildman–Crippen LogP) is 3.06. The van der Waals surface area contributed by atoms with Crippen molar-refractivity contribution in [2.75, 3.05) is 25.0 Å². The third-order valence-electron chi connectivity index (χ3n) is 3.84. The lowest BCUT2D eigenvalue weighted by Crippen LogP contribution is -2.37. The molecule has 6 heteroatoms. The van der Waals surface area contributed by atoms with Gasteiger partial charge in [-0.2, -0.15) is 0 Å². The summed E-state index contributed by atoms with van der Waals surface area (Å²) >= 11 is 0. The zero-order valence-corrected chi connectivity index (χ0v) is 16.7. The SMILES string of the molecule is CC=CCCNC(=NC)NCc1ccc(N2CCCC2=O)cc1.I. The van der Waals surface area contributed by atoms with Gasteiger partial charge in [0.25, 0.3) is 0 Å². The van der Waals surface area contributed by atoms with Crippen molar-refractivity contribution in [1.82, 2.24) is 10.6 Å². The molecule has 1 amide bonds. The topological polar surface area (TPSA) is 56.7 Å². The molecule has 1 aliphatic heterocycles. The van der Waals surface area contributed by atoms with E-state index in [0.717, 1.165) is 43.1 Å². The Morgan fingerprint density at radius 1 is 1.29 bits per heavy atom. The maximum atomic E-state index is 11.7. The summed E-state index contributed by atoms with van der Waals surface area (Å²) in [6, 6.07) is 8.15. The van der Waals surface area contributed by atoms with Gasteiger partial charge in [-0.15, -0.1) is 24.0 Å². The van der Waals surface area contributed by atoms with Crippen LogP contribution in [0.25, 0.3) is 0 Å². The number of halogens is 1. The Bertz CT molecular complexity index is 569. The number of carbonyl (C=O) groups excluding carboxylic acids is 1. The normalized spacial score (nSPS) is 14.8. The number of benzene rings is 1. The lowest BCUT2D eigenvalue weighted by Gasteiger charge is -2.16. The van der Waals surface area contributed by atoms with Gasteiger partial charge in [0.2, 0.25) is 5.91 Å². The molecule has 0 aliphatic carbocycles. The molecule has 0 atom stereocenters. The summed E-state index contributed by atoms with van der Waals surface area (Å²) in [6.07, 6.45) is 6.77. The molecule has 0 aromatic heterocycles. The van der Waals surface area contributed by atoms with Crippen molar-refractivity contribution in [3.63, 3.8) is 0 Å². The lowest BCUT2D eigenvalue weighted by atomic mass is 10.2. The molecule has 0 saturated carbocycles. The monoisotopic (exact) mass is 442 g/mol. The second-order valence-electron chi connectivity index (χ2n) is 5.53. The maximum Gasteiger partial charge on any atom is 0.227 e. The van der Waals surface area contributed by atoms with Crippen molar-refractivity contribution in [2.45, 2.75) is 32.7 Å². The fourth-order valence-corrected chi connectivity index (χ4v) is 2.56. The summed E-state index contributed by atoms with van der Waals surface area (Å²) in [4.78, 5) is 17.8. The summed E-state index contributed by atoms with van der Waals surface area (Å²) in [5.74, 6) is 1.02. The Balaban J connectivity index is 0.00000288. The zero-order chi connectivity index (χ0) is 16.5. The minimum Gasteiger partial charge on any atom is -0.356 e. The number of rotatable bonds is 6. The van der Waals surface area contributed by atoms with E-state index in [1.54, 1.807) is 7.05 Å². The number of nitrogens with zero attached hydrogens (tertiary/aromatic N) is 2. The van der Waals surface area contributed by atoms with Gasteiger partial charge in [-0.05, 0) is 37.5 Å². The standard InChI is InChI=1S/C18H26N4O.HI/c1-3-4-5-12-20-18(19-2)21-14-15-8-10-16(11-9-15)22-13-6-7-17(22)23;/h3-4,8-11H,5-7,12-14H2,1-2H3,(H2,19,20,21);1H. The number of aliphatic imine (C=N–C) groups is 1. The largest absolute Gasteiger partial charge is 0.356 e. The molecular weight excluding hydrogens is 415 g/mol. The number of anilines is 1. The highest BCUT2D eigenvalue weighted by Crippen LogP contribution is 2.21. The van der Waals surface area contributed by atoms with Gasteiger partial charge in [-0.25, -0.2) is 0 Å². The second kappa shape index (κ2) is 11.1. The van der Waals surface area contributed by atoms with E-state index in [4.69, 9.17) is 0 Å². The first-order chi connectivity index (χ1) is 11.2. The van der Waals surface area contributed by atoms with E-state index >= 15 is 0 Å². The first-order valence-corrected chi connectivity index (χ1v) is 8.19. The van der Waals surface area contributed by atoms with Gasteiger partial charge in [0.1, 0.15) is 0 Å². The number of allylic oxidation sites excluding steroid dienone is 1. The Kier molecular flexibility index (Phi) is 9.44. The maximum absolute atomic E-state index is 11.7. The van der Waals surface area contributed by atoms with Crippen LogP contribution in [0.15, 0.2) is 41.4 Å². The average molecular weight is 442 g/mol. The van der Waals surface area contributed by atoms with Crippen molar-refractivity contribution in [3.8, 4) is 0 Å². The van der Waals surface area contributed by atoms with Gasteiger partial charge in [0.05, 0.1) is 0 Å². The van der Waals surface area contributed by atoms with E-state index in [2.05, 4.69) is 33.8 Å². The van der Waals surface area contributed by atoms with Crippen LogP contribution in [0.4, 0.5) is 5.69 Å². The van der Waals surface area contributed by atoms with Crippen molar-refractivity contribution >= 4 is 41.5 Å². The highest BCUT2D eigenvalue weighted by Gasteiger charge is 2.21. The van der Waals surface area contributed by atoms with E-state index in [9.17, 15) is 4.79 Å². The number of nitrogens with one attached hydrogen (secondary N) is 2. The van der Waals surface area contributed by atoms with E-state index in [1.165, 1.54) is 0 Å². The van der Waals surface area contributed by atoms with Gasteiger partial charge in [0, 0.05) is 38.8 Å². The summed E-state index contributed by atoms with van der Waals surface area (Å²) in [5, 5.41) is 6.57.